The minimum absolute atomic E-state index is 0.00897. The minimum atomic E-state index is -0.621. The van der Waals surface area contributed by atoms with E-state index in [0.29, 0.717) is 11.5 Å². The van der Waals surface area contributed by atoms with Crippen molar-refractivity contribution in [3.8, 4) is 0 Å². The highest BCUT2D eigenvalue weighted by Crippen LogP contribution is 2.37. The van der Waals surface area contributed by atoms with Crippen LogP contribution in [0.3, 0.4) is 0 Å². The summed E-state index contributed by atoms with van der Waals surface area (Å²) in [6, 6.07) is 2.57. The molecule has 0 spiro atoms. The van der Waals surface area contributed by atoms with Gasteiger partial charge < -0.3 is 10.1 Å². The topological polar surface area (TPSA) is 55.4 Å². The molecular formula is C16H21ClFNO3S. The molecule has 1 amide bonds. The lowest BCUT2D eigenvalue weighted by molar-refractivity contribution is -0.143. The summed E-state index contributed by atoms with van der Waals surface area (Å²) in [4.78, 5) is 23.8. The van der Waals surface area contributed by atoms with Crippen molar-refractivity contribution in [3.63, 3.8) is 0 Å². The SMILES string of the molecule is CCCOC(=O)C(Sc1cc(NC(C)=O)c(F)cc1Cl)C(C)C. The number of thioether (sulfide) groups is 1. The molecule has 0 aliphatic rings. The quantitative estimate of drug-likeness (QED) is 0.573. The molecule has 0 heterocycles. The number of carbonyl (C=O) groups is 2. The van der Waals surface area contributed by atoms with Gasteiger partial charge in [-0.25, -0.2) is 4.39 Å². The fraction of sp³-hybridized carbons (Fsp3) is 0.500. The molecule has 23 heavy (non-hydrogen) atoms. The predicted octanol–water partition coefficient (Wildman–Crippen LogP) is 4.51. The first-order valence-electron chi connectivity index (χ1n) is 7.36. The first-order valence-corrected chi connectivity index (χ1v) is 8.61. The van der Waals surface area contributed by atoms with Crippen molar-refractivity contribution in [2.24, 2.45) is 5.92 Å². The van der Waals surface area contributed by atoms with Gasteiger partial charge >= 0.3 is 5.97 Å². The fourth-order valence-corrected chi connectivity index (χ4v) is 3.13. The van der Waals surface area contributed by atoms with Crippen LogP contribution < -0.4 is 5.32 Å². The van der Waals surface area contributed by atoms with E-state index in [-0.39, 0.29) is 28.5 Å². The van der Waals surface area contributed by atoms with E-state index >= 15 is 0 Å². The normalized spacial score (nSPS) is 12.1. The molecule has 128 valence electrons. The summed E-state index contributed by atoms with van der Waals surface area (Å²) in [6.07, 6.45) is 0.741. The Labute approximate surface area is 145 Å². The van der Waals surface area contributed by atoms with Gasteiger partial charge in [-0.15, -0.1) is 11.8 Å². The van der Waals surface area contributed by atoms with Crippen molar-refractivity contribution in [1.29, 1.82) is 0 Å². The Hall–Kier alpha value is -1.27. The number of halogens is 2. The van der Waals surface area contributed by atoms with E-state index in [9.17, 15) is 14.0 Å². The van der Waals surface area contributed by atoms with Gasteiger partial charge in [0.15, 0.2) is 0 Å². The molecular weight excluding hydrogens is 341 g/mol. The van der Waals surface area contributed by atoms with Gasteiger partial charge in [-0.1, -0.05) is 32.4 Å². The van der Waals surface area contributed by atoms with Gasteiger partial charge in [-0.05, 0) is 24.5 Å². The number of rotatable bonds is 7. The van der Waals surface area contributed by atoms with Crippen molar-refractivity contribution in [3.05, 3.63) is 23.0 Å². The van der Waals surface area contributed by atoms with E-state index in [4.69, 9.17) is 16.3 Å². The smallest absolute Gasteiger partial charge is 0.319 e. The van der Waals surface area contributed by atoms with Crippen LogP contribution in [0.1, 0.15) is 34.1 Å². The van der Waals surface area contributed by atoms with Gasteiger partial charge in [0.25, 0.3) is 0 Å². The second-order valence-electron chi connectivity index (χ2n) is 5.39. The zero-order valence-electron chi connectivity index (χ0n) is 13.6. The molecule has 0 aromatic heterocycles. The molecule has 0 aliphatic heterocycles. The van der Waals surface area contributed by atoms with Crippen molar-refractivity contribution in [2.75, 3.05) is 11.9 Å². The van der Waals surface area contributed by atoms with Crippen LogP contribution in [0.25, 0.3) is 0 Å². The Kier molecular flexibility index (Phi) is 7.85. The largest absolute Gasteiger partial charge is 0.465 e. The summed E-state index contributed by atoms with van der Waals surface area (Å²) in [6.45, 7) is 7.37. The van der Waals surface area contributed by atoms with Gasteiger partial charge in [0, 0.05) is 11.8 Å². The molecule has 1 aromatic rings. The average molecular weight is 362 g/mol. The molecule has 4 nitrogen and oxygen atoms in total. The number of anilines is 1. The van der Waals surface area contributed by atoms with Crippen LogP contribution in [0.5, 0.6) is 0 Å². The van der Waals surface area contributed by atoms with Gasteiger partial charge in [-0.3, -0.25) is 9.59 Å². The molecule has 7 heteroatoms. The summed E-state index contributed by atoms with van der Waals surface area (Å²) in [5.74, 6) is -1.32. The van der Waals surface area contributed by atoms with E-state index in [1.807, 2.05) is 20.8 Å². The predicted molar refractivity (Wildman–Crippen MR) is 91.4 cm³/mol. The molecule has 0 fully saturated rings. The minimum Gasteiger partial charge on any atom is -0.465 e. The first-order chi connectivity index (χ1) is 10.8. The van der Waals surface area contributed by atoms with Gasteiger partial charge in [0.1, 0.15) is 11.1 Å². The fourth-order valence-electron chi connectivity index (χ4n) is 1.78. The number of hydrogen-bond donors (Lipinski definition) is 1. The lowest BCUT2D eigenvalue weighted by Gasteiger charge is -2.20. The van der Waals surface area contributed by atoms with E-state index in [1.54, 1.807) is 0 Å². The summed E-state index contributed by atoms with van der Waals surface area (Å²) in [5.41, 5.74) is 0.0360. The lowest BCUT2D eigenvalue weighted by Crippen LogP contribution is -2.25. The highest BCUT2D eigenvalue weighted by Gasteiger charge is 2.26. The van der Waals surface area contributed by atoms with Crippen molar-refractivity contribution in [1.82, 2.24) is 0 Å². The Morgan fingerprint density at radius 3 is 2.57 bits per heavy atom. The van der Waals surface area contributed by atoms with E-state index in [2.05, 4.69) is 5.32 Å². The standard InChI is InChI=1S/C16H21ClFNO3S/c1-5-6-22-16(21)15(9(2)3)23-14-8-13(19-10(4)20)12(18)7-11(14)17/h7-9,15H,5-6H2,1-4H3,(H,19,20). The van der Waals surface area contributed by atoms with Gasteiger partial charge in [0.2, 0.25) is 5.91 Å². The molecule has 1 rings (SSSR count). The van der Waals surface area contributed by atoms with Gasteiger partial charge in [0.05, 0.1) is 17.3 Å². The van der Waals surface area contributed by atoms with Crippen LogP contribution in [0, 0.1) is 11.7 Å². The summed E-state index contributed by atoms with van der Waals surface area (Å²) >= 11 is 7.28. The van der Waals surface area contributed by atoms with Crippen molar-refractivity contribution >= 4 is 40.9 Å². The van der Waals surface area contributed by atoms with Crippen LogP contribution in [0.15, 0.2) is 17.0 Å². The Morgan fingerprint density at radius 2 is 2.04 bits per heavy atom. The molecule has 1 atom stereocenters. The Balaban J connectivity index is 3.03. The highest BCUT2D eigenvalue weighted by atomic mass is 35.5. The molecule has 0 aliphatic carbocycles. The van der Waals surface area contributed by atoms with Crippen LogP contribution in [-0.4, -0.2) is 23.7 Å². The summed E-state index contributed by atoms with van der Waals surface area (Å²) in [5, 5.41) is 2.13. The zero-order valence-corrected chi connectivity index (χ0v) is 15.2. The average Bonchev–Trinajstić information content (AvgIpc) is 2.45. The Bertz CT molecular complexity index is 581. The van der Waals surface area contributed by atoms with Crippen molar-refractivity contribution in [2.45, 2.75) is 44.3 Å². The van der Waals surface area contributed by atoms with E-state index in [1.165, 1.54) is 24.8 Å². The van der Waals surface area contributed by atoms with Crippen LogP contribution in [-0.2, 0) is 14.3 Å². The second-order valence-corrected chi connectivity index (χ2v) is 6.98. The molecule has 0 saturated carbocycles. The van der Waals surface area contributed by atoms with Crippen LogP contribution in [0.4, 0.5) is 10.1 Å². The summed E-state index contributed by atoms with van der Waals surface area (Å²) < 4.78 is 19.0. The third-order valence-corrected chi connectivity index (χ3v) is 4.88. The van der Waals surface area contributed by atoms with Crippen LogP contribution >= 0.6 is 23.4 Å². The highest BCUT2D eigenvalue weighted by molar-refractivity contribution is 8.00. The molecule has 1 unspecified atom stereocenters. The number of benzene rings is 1. The lowest BCUT2D eigenvalue weighted by atomic mass is 10.1. The van der Waals surface area contributed by atoms with E-state index in [0.717, 1.165) is 12.5 Å². The molecule has 1 N–H and O–H groups in total. The second kappa shape index (κ2) is 9.13. The third kappa shape index (κ3) is 6.03. The maximum atomic E-state index is 13.8. The maximum Gasteiger partial charge on any atom is 0.319 e. The molecule has 0 saturated heterocycles. The zero-order chi connectivity index (χ0) is 17.6. The number of hydrogen-bond acceptors (Lipinski definition) is 4. The van der Waals surface area contributed by atoms with E-state index < -0.39 is 11.1 Å². The molecule has 0 radical (unpaired) electrons. The number of esters is 1. The Morgan fingerprint density at radius 1 is 1.39 bits per heavy atom. The monoisotopic (exact) mass is 361 g/mol. The van der Waals surface area contributed by atoms with Crippen molar-refractivity contribution < 1.29 is 18.7 Å². The summed E-state index contributed by atoms with van der Waals surface area (Å²) in [7, 11) is 0. The maximum absolute atomic E-state index is 13.8. The number of amides is 1. The van der Waals surface area contributed by atoms with Crippen LogP contribution in [0.2, 0.25) is 5.02 Å². The molecule has 1 aromatic carbocycles. The number of nitrogens with one attached hydrogen (secondary N) is 1. The molecule has 0 bridgehead atoms. The number of ether oxygens (including phenoxy) is 1. The first kappa shape index (κ1) is 19.8. The number of carbonyl (C=O) groups excluding carboxylic acids is 2. The third-order valence-electron chi connectivity index (χ3n) is 2.87. The van der Waals surface area contributed by atoms with Gasteiger partial charge in [-0.2, -0.15) is 0 Å².